The van der Waals surface area contributed by atoms with Crippen LogP contribution in [0.15, 0.2) is 0 Å². The largest absolute Gasteiger partial charge is 0.389 e. The molecule has 0 unspecified atom stereocenters. The number of likely N-dealkylation sites (N-methyl/N-ethyl adjacent to an activating group) is 2. The van der Waals surface area contributed by atoms with Gasteiger partial charge in [-0.25, -0.2) is 0 Å². The molecule has 2 fully saturated rings. The minimum Gasteiger partial charge on any atom is -0.389 e. The van der Waals surface area contributed by atoms with E-state index in [1.54, 1.807) is 14.2 Å². The Morgan fingerprint density at radius 3 is 2.72 bits per heavy atom. The fourth-order valence-electron chi connectivity index (χ4n) is 4.05. The van der Waals surface area contributed by atoms with E-state index in [0.29, 0.717) is 25.8 Å². The standard InChI is InChI=1S/C18H35N5O6/c1-20-7-10-4-5-12(23-14(25)8-22-9-24)18(28-10)29-17-11(19)6-13(27-3)15(21-2)16(17)26/h9-13,15-18,20-21,26H,4-8,19H2,1-3H3,(H,22,24)(H,23,25)/t10-,11-,12+,13+,15+,16+,17+,18+/m0/s1. The van der Waals surface area contributed by atoms with Crippen LogP contribution >= 0.6 is 0 Å². The molecule has 0 radical (unpaired) electrons. The van der Waals surface area contributed by atoms with Crippen LogP contribution in [0.4, 0.5) is 0 Å². The Hall–Kier alpha value is -1.34. The number of methoxy groups -OCH3 is 1. The lowest BCUT2D eigenvalue weighted by atomic mass is 9.84. The van der Waals surface area contributed by atoms with Gasteiger partial charge in [0.1, 0.15) is 6.10 Å². The molecule has 8 atom stereocenters. The quantitative estimate of drug-likeness (QED) is 0.204. The van der Waals surface area contributed by atoms with Crippen molar-refractivity contribution < 1.29 is 28.9 Å². The van der Waals surface area contributed by atoms with Crippen LogP contribution in [-0.4, -0.2) is 101 Å². The van der Waals surface area contributed by atoms with E-state index in [4.69, 9.17) is 19.9 Å². The zero-order valence-electron chi connectivity index (χ0n) is 17.3. The number of carbonyl (C=O) groups is 2. The summed E-state index contributed by atoms with van der Waals surface area (Å²) in [5, 5.41) is 22.1. The summed E-state index contributed by atoms with van der Waals surface area (Å²) in [4.78, 5) is 22.5. The van der Waals surface area contributed by atoms with Gasteiger partial charge in [0.15, 0.2) is 6.29 Å². The second-order valence-electron chi connectivity index (χ2n) is 7.51. The lowest BCUT2D eigenvalue weighted by Gasteiger charge is -2.46. The summed E-state index contributed by atoms with van der Waals surface area (Å²) >= 11 is 0. The average molecular weight is 418 g/mol. The molecular formula is C18H35N5O6. The smallest absolute Gasteiger partial charge is 0.239 e. The molecule has 2 amide bonds. The number of nitrogens with two attached hydrogens (primary N) is 1. The fourth-order valence-corrected chi connectivity index (χ4v) is 4.05. The third kappa shape index (κ3) is 6.32. The van der Waals surface area contributed by atoms with Crippen molar-refractivity contribution >= 4 is 12.3 Å². The van der Waals surface area contributed by atoms with Crippen molar-refractivity contribution in [2.75, 3.05) is 34.3 Å². The summed E-state index contributed by atoms with van der Waals surface area (Å²) < 4.78 is 17.7. The third-order valence-corrected chi connectivity index (χ3v) is 5.54. The van der Waals surface area contributed by atoms with Gasteiger partial charge < -0.3 is 46.3 Å². The SMILES string of the molecule is CNC[C@@H]1CC[C@@H](NC(=O)CNC=O)[C@@H](O[C@H]2[C@H](O)[C@H](NC)[C@H](OC)C[C@@H]2N)O1. The molecular weight excluding hydrogens is 382 g/mol. The first-order valence-corrected chi connectivity index (χ1v) is 10.0. The Bertz CT molecular complexity index is 527. The Kier molecular flexibility index (Phi) is 9.69. The number of ether oxygens (including phenoxy) is 3. The van der Waals surface area contributed by atoms with Crippen LogP contribution in [0.1, 0.15) is 19.3 Å². The molecule has 1 saturated carbocycles. The second-order valence-corrected chi connectivity index (χ2v) is 7.51. The van der Waals surface area contributed by atoms with Gasteiger partial charge in [0, 0.05) is 19.7 Å². The Balaban J connectivity index is 2.09. The zero-order valence-corrected chi connectivity index (χ0v) is 17.3. The number of amides is 2. The van der Waals surface area contributed by atoms with Crippen LogP contribution < -0.4 is 27.0 Å². The molecule has 7 N–H and O–H groups in total. The summed E-state index contributed by atoms with van der Waals surface area (Å²) in [7, 11) is 5.17. The summed E-state index contributed by atoms with van der Waals surface area (Å²) in [5.74, 6) is -0.340. The minimum absolute atomic E-state index is 0.0879. The molecule has 0 aromatic rings. The Morgan fingerprint density at radius 1 is 1.34 bits per heavy atom. The molecule has 0 aromatic carbocycles. The first kappa shape index (κ1) is 23.9. The normalized spacial score (nSPS) is 37.7. The van der Waals surface area contributed by atoms with Crippen molar-refractivity contribution in [3.63, 3.8) is 0 Å². The Labute approximate surface area is 171 Å². The maximum Gasteiger partial charge on any atom is 0.239 e. The van der Waals surface area contributed by atoms with Gasteiger partial charge in [-0.05, 0) is 33.4 Å². The molecule has 0 spiro atoms. The predicted octanol–water partition coefficient (Wildman–Crippen LogP) is -2.98. The molecule has 1 saturated heterocycles. The molecule has 11 heteroatoms. The number of aliphatic hydroxyl groups is 1. The van der Waals surface area contributed by atoms with Crippen LogP contribution in [0.5, 0.6) is 0 Å². The van der Waals surface area contributed by atoms with Gasteiger partial charge in [-0.1, -0.05) is 0 Å². The number of hydrogen-bond acceptors (Lipinski definition) is 9. The monoisotopic (exact) mass is 417 g/mol. The maximum absolute atomic E-state index is 12.1. The van der Waals surface area contributed by atoms with Crippen LogP contribution in [0.3, 0.4) is 0 Å². The topological polar surface area (TPSA) is 156 Å². The van der Waals surface area contributed by atoms with Gasteiger partial charge in [-0.2, -0.15) is 0 Å². The van der Waals surface area contributed by atoms with E-state index in [9.17, 15) is 14.7 Å². The van der Waals surface area contributed by atoms with Crippen molar-refractivity contribution in [2.45, 2.75) is 68.1 Å². The van der Waals surface area contributed by atoms with Crippen LogP contribution in [0.25, 0.3) is 0 Å². The van der Waals surface area contributed by atoms with Crippen LogP contribution in [0, 0.1) is 0 Å². The number of aliphatic hydroxyl groups excluding tert-OH is 1. The summed E-state index contributed by atoms with van der Waals surface area (Å²) in [6, 6.07) is -1.22. The summed E-state index contributed by atoms with van der Waals surface area (Å²) in [6.07, 6.45) is -0.348. The van der Waals surface area contributed by atoms with Crippen molar-refractivity contribution in [1.29, 1.82) is 0 Å². The van der Waals surface area contributed by atoms with Gasteiger partial charge in [0.05, 0.1) is 36.9 Å². The molecule has 0 bridgehead atoms. The van der Waals surface area contributed by atoms with Gasteiger partial charge in [0.2, 0.25) is 12.3 Å². The molecule has 29 heavy (non-hydrogen) atoms. The molecule has 2 rings (SSSR count). The van der Waals surface area contributed by atoms with Gasteiger partial charge in [-0.15, -0.1) is 0 Å². The van der Waals surface area contributed by atoms with Crippen LogP contribution in [0.2, 0.25) is 0 Å². The van der Waals surface area contributed by atoms with Gasteiger partial charge in [0.25, 0.3) is 0 Å². The van der Waals surface area contributed by atoms with Gasteiger partial charge >= 0.3 is 0 Å². The first-order chi connectivity index (χ1) is 13.9. The van der Waals surface area contributed by atoms with E-state index in [0.717, 1.165) is 6.42 Å². The molecule has 1 aliphatic heterocycles. The predicted molar refractivity (Wildman–Crippen MR) is 105 cm³/mol. The highest BCUT2D eigenvalue weighted by molar-refractivity contribution is 5.80. The van der Waals surface area contributed by atoms with E-state index in [1.165, 1.54) is 0 Å². The fraction of sp³-hybridized carbons (Fsp3) is 0.889. The number of hydrogen-bond donors (Lipinski definition) is 6. The lowest BCUT2D eigenvalue weighted by Crippen LogP contribution is -2.65. The average Bonchev–Trinajstić information content (AvgIpc) is 2.71. The highest BCUT2D eigenvalue weighted by atomic mass is 16.7. The van der Waals surface area contributed by atoms with Crippen molar-refractivity contribution in [3.05, 3.63) is 0 Å². The van der Waals surface area contributed by atoms with Crippen LogP contribution in [-0.2, 0) is 23.8 Å². The molecule has 1 aliphatic carbocycles. The maximum atomic E-state index is 12.1. The lowest BCUT2D eigenvalue weighted by molar-refractivity contribution is -0.253. The van der Waals surface area contributed by atoms with E-state index < -0.39 is 30.6 Å². The summed E-state index contributed by atoms with van der Waals surface area (Å²) in [6.45, 7) is 0.507. The molecule has 168 valence electrons. The van der Waals surface area contributed by atoms with E-state index >= 15 is 0 Å². The minimum atomic E-state index is -0.907. The third-order valence-electron chi connectivity index (χ3n) is 5.54. The second kappa shape index (κ2) is 11.7. The molecule has 1 heterocycles. The highest BCUT2D eigenvalue weighted by Gasteiger charge is 2.46. The molecule has 0 aromatic heterocycles. The van der Waals surface area contributed by atoms with E-state index in [-0.39, 0.29) is 30.7 Å². The highest BCUT2D eigenvalue weighted by Crippen LogP contribution is 2.28. The molecule has 11 nitrogen and oxygen atoms in total. The number of carbonyl (C=O) groups excluding carboxylic acids is 2. The zero-order chi connectivity index (χ0) is 21.4. The van der Waals surface area contributed by atoms with Gasteiger partial charge in [-0.3, -0.25) is 9.59 Å². The first-order valence-electron chi connectivity index (χ1n) is 10.0. The van der Waals surface area contributed by atoms with E-state index in [2.05, 4.69) is 21.3 Å². The Morgan fingerprint density at radius 2 is 2.10 bits per heavy atom. The number of nitrogens with one attached hydrogen (secondary N) is 4. The van der Waals surface area contributed by atoms with Crippen molar-refractivity contribution in [3.8, 4) is 0 Å². The van der Waals surface area contributed by atoms with Crippen molar-refractivity contribution in [2.24, 2.45) is 5.73 Å². The van der Waals surface area contributed by atoms with E-state index in [1.807, 2.05) is 7.05 Å². The van der Waals surface area contributed by atoms with Crippen molar-refractivity contribution in [1.82, 2.24) is 21.3 Å². The molecule has 2 aliphatic rings. The number of rotatable bonds is 10. The summed E-state index contributed by atoms with van der Waals surface area (Å²) in [5.41, 5.74) is 6.28.